The molecule has 2 amide bonds. The average Bonchev–Trinajstić information content (AvgIpc) is 3.43. The van der Waals surface area contributed by atoms with E-state index >= 15 is 0 Å². The van der Waals surface area contributed by atoms with Crippen LogP contribution in [0.1, 0.15) is 45.2 Å². The predicted molar refractivity (Wildman–Crippen MR) is 106 cm³/mol. The van der Waals surface area contributed by atoms with Crippen molar-refractivity contribution in [2.45, 2.75) is 39.0 Å². The van der Waals surface area contributed by atoms with Crippen LogP contribution in [0.5, 0.6) is 0 Å². The highest BCUT2D eigenvalue weighted by Crippen LogP contribution is 2.25. The van der Waals surface area contributed by atoms with Crippen molar-refractivity contribution in [2.75, 3.05) is 13.7 Å². The Morgan fingerprint density at radius 3 is 2.76 bits per heavy atom. The Morgan fingerprint density at radius 1 is 1.31 bits per heavy atom. The maximum Gasteiger partial charge on any atom is 0.263 e. The first-order valence-electron chi connectivity index (χ1n) is 9.48. The van der Waals surface area contributed by atoms with Crippen LogP contribution in [0.15, 0.2) is 35.3 Å². The summed E-state index contributed by atoms with van der Waals surface area (Å²) in [5, 5.41) is 5.23. The quantitative estimate of drug-likeness (QED) is 0.738. The number of hydrogen-bond acceptors (Lipinski definition) is 4. The number of amides is 2. The molecule has 1 saturated carbocycles. The van der Waals surface area contributed by atoms with Crippen molar-refractivity contribution in [3.8, 4) is 0 Å². The summed E-state index contributed by atoms with van der Waals surface area (Å²) < 4.78 is 21.0. The van der Waals surface area contributed by atoms with Crippen LogP contribution in [0.25, 0.3) is 0 Å². The molecule has 1 aliphatic carbocycles. The molecular formula is C21H24FN3O4. The second kappa shape index (κ2) is 8.57. The SMILES string of the molecule is CCO[C@H]1C[C@@H]1NC(=O)c1cc(C(=O)NC)c(=O)n(Cc2cccc(C)c2F)c1. The van der Waals surface area contributed by atoms with Crippen LogP contribution in [-0.4, -0.2) is 42.2 Å². The van der Waals surface area contributed by atoms with Crippen LogP contribution >= 0.6 is 0 Å². The van der Waals surface area contributed by atoms with E-state index in [1.165, 1.54) is 23.9 Å². The number of rotatable bonds is 7. The third-order valence-electron chi connectivity index (χ3n) is 4.86. The summed E-state index contributed by atoms with van der Waals surface area (Å²) in [4.78, 5) is 37.6. The van der Waals surface area contributed by atoms with E-state index in [1.807, 2.05) is 6.92 Å². The van der Waals surface area contributed by atoms with Crippen LogP contribution in [-0.2, 0) is 11.3 Å². The average molecular weight is 401 g/mol. The molecule has 1 aromatic heterocycles. The number of carbonyl (C=O) groups excluding carboxylic acids is 2. The van der Waals surface area contributed by atoms with Gasteiger partial charge in [-0.3, -0.25) is 14.4 Å². The summed E-state index contributed by atoms with van der Waals surface area (Å²) in [5.41, 5.74) is 0.127. The maximum absolute atomic E-state index is 14.4. The van der Waals surface area contributed by atoms with Crippen molar-refractivity contribution < 1.29 is 18.7 Å². The minimum atomic E-state index is -0.610. The molecule has 7 nitrogen and oxygen atoms in total. The predicted octanol–water partition coefficient (Wildman–Crippen LogP) is 1.61. The molecule has 1 heterocycles. The lowest BCUT2D eigenvalue weighted by Crippen LogP contribution is -2.35. The summed E-state index contributed by atoms with van der Waals surface area (Å²) in [6, 6.07) is 6.05. The van der Waals surface area contributed by atoms with Gasteiger partial charge in [-0.2, -0.15) is 0 Å². The van der Waals surface area contributed by atoms with Crippen molar-refractivity contribution in [3.05, 3.63) is 68.9 Å². The van der Waals surface area contributed by atoms with E-state index in [0.29, 0.717) is 17.7 Å². The molecule has 0 bridgehead atoms. The summed E-state index contributed by atoms with van der Waals surface area (Å²) in [5.74, 6) is -1.45. The molecule has 0 radical (unpaired) electrons. The van der Waals surface area contributed by atoms with Crippen LogP contribution in [0.4, 0.5) is 4.39 Å². The Balaban J connectivity index is 1.94. The fourth-order valence-corrected chi connectivity index (χ4v) is 3.16. The smallest absolute Gasteiger partial charge is 0.263 e. The molecule has 0 saturated heterocycles. The molecule has 3 rings (SSSR count). The molecule has 154 valence electrons. The third kappa shape index (κ3) is 4.54. The molecular weight excluding hydrogens is 377 g/mol. The highest BCUT2D eigenvalue weighted by atomic mass is 19.1. The Labute approximate surface area is 167 Å². The summed E-state index contributed by atoms with van der Waals surface area (Å²) in [7, 11) is 1.40. The molecule has 8 heteroatoms. The molecule has 2 atom stereocenters. The molecule has 0 unspecified atom stereocenters. The normalized spacial score (nSPS) is 17.7. The number of nitrogens with one attached hydrogen (secondary N) is 2. The van der Waals surface area contributed by atoms with Gasteiger partial charge in [0.05, 0.1) is 24.3 Å². The standard InChI is InChI=1S/C21H24FN3O4/c1-4-29-17-9-16(17)24-19(26)14-8-15(20(27)23-3)21(28)25(11-14)10-13-7-5-6-12(2)18(13)22/h5-8,11,16-17H,4,9-10H2,1-3H3,(H,23,27)(H,24,26)/t16-,17-/m0/s1. The van der Waals surface area contributed by atoms with Gasteiger partial charge in [-0.05, 0) is 31.9 Å². The van der Waals surface area contributed by atoms with Crippen LogP contribution in [0.3, 0.4) is 0 Å². The fraction of sp³-hybridized carbons (Fsp3) is 0.381. The molecule has 2 N–H and O–H groups in total. The zero-order valence-corrected chi connectivity index (χ0v) is 16.6. The van der Waals surface area contributed by atoms with Gasteiger partial charge in [0, 0.05) is 25.4 Å². The van der Waals surface area contributed by atoms with Crippen LogP contribution in [0.2, 0.25) is 0 Å². The van der Waals surface area contributed by atoms with E-state index in [9.17, 15) is 18.8 Å². The van der Waals surface area contributed by atoms with E-state index in [0.717, 1.165) is 6.42 Å². The molecule has 29 heavy (non-hydrogen) atoms. The monoisotopic (exact) mass is 401 g/mol. The number of aromatic nitrogens is 1. The zero-order chi connectivity index (χ0) is 21.1. The molecule has 1 aromatic carbocycles. The number of carbonyl (C=O) groups is 2. The minimum absolute atomic E-state index is 0.0188. The van der Waals surface area contributed by atoms with Crippen LogP contribution < -0.4 is 16.2 Å². The molecule has 2 aromatic rings. The maximum atomic E-state index is 14.4. The van der Waals surface area contributed by atoms with Gasteiger partial charge in [-0.15, -0.1) is 0 Å². The van der Waals surface area contributed by atoms with Crippen molar-refractivity contribution in [1.82, 2.24) is 15.2 Å². The summed E-state index contributed by atoms with van der Waals surface area (Å²) in [6.45, 7) is 3.98. The third-order valence-corrected chi connectivity index (χ3v) is 4.86. The fourth-order valence-electron chi connectivity index (χ4n) is 3.16. The van der Waals surface area contributed by atoms with E-state index in [2.05, 4.69) is 10.6 Å². The zero-order valence-electron chi connectivity index (χ0n) is 16.6. The van der Waals surface area contributed by atoms with E-state index in [-0.39, 0.29) is 29.8 Å². The second-order valence-corrected chi connectivity index (χ2v) is 7.01. The number of pyridine rings is 1. The first kappa shape index (κ1) is 20.7. The van der Waals surface area contributed by atoms with Gasteiger partial charge in [0.15, 0.2) is 0 Å². The lowest BCUT2D eigenvalue weighted by atomic mass is 10.1. The number of benzene rings is 1. The highest BCUT2D eigenvalue weighted by molar-refractivity contribution is 5.99. The topological polar surface area (TPSA) is 89.4 Å². The van der Waals surface area contributed by atoms with Gasteiger partial charge in [-0.1, -0.05) is 18.2 Å². The summed E-state index contributed by atoms with van der Waals surface area (Å²) in [6.07, 6.45) is 2.05. The lowest BCUT2D eigenvalue weighted by Gasteiger charge is -2.13. The number of halogens is 1. The summed E-state index contributed by atoms with van der Waals surface area (Å²) >= 11 is 0. The van der Waals surface area contributed by atoms with Crippen molar-refractivity contribution in [2.24, 2.45) is 0 Å². The lowest BCUT2D eigenvalue weighted by molar-refractivity contribution is 0.0914. The molecule has 0 aliphatic heterocycles. The van der Waals surface area contributed by atoms with E-state index in [1.54, 1.807) is 25.1 Å². The van der Waals surface area contributed by atoms with E-state index in [4.69, 9.17) is 4.74 Å². The van der Waals surface area contributed by atoms with Gasteiger partial charge >= 0.3 is 0 Å². The largest absolute Gasteiger partial charge is 0.376 e. The number of aryl methyl sites for hydroxylation is 1. The number of nitrogens with zero attached hydrogens (tertiary/aromatic N) is 1. The molecule has 1 aliphatic rings. The van der Waals surface area contributed by atoms with Gasteiger partial charge in [-0.25, -0.2) is 4.39 Å². The van der Waals surface area contributed by atoms with Crippen molar-refractivity contribution in [1.29, 1.82) is 0 Å². The van der Waals surface area contributed by atoms with Crippen molar-refractivity contribution >= 4 is 11.8 Å². The minimum Gasteiger partial charge on any atom is -0.376 e. The molecule has 1 fully saturated rings. The van der Waals surface area contributed by atoms with Gasteiger partial charge in [0.1, 0.15) is 11.4 Å². The van der Waals surface area contributed by atoms with Crippen molar-refractivity contribution in [3.63, 3.8) is 0 Å². The van der Waals surface area contributed by atoms with E-state index < -0.39 is 23.2 Å². The second-order valence-electron chi connectivity index (χ2n) is 7.01. The molecule has 0 spiro atoms. The number of hydrogen-bond donors (Lipinski definition) is 2. The van der Waals surface area contributed by atoms with Gasteiger partial charge in [0.25, 0.3) is 17.4 Å². The van der Waals surface area contributed by atoms with Crippen LogP contribution in [0, 0.1) is 12.7 Å². The van der Waals surface area contributed by atoms with Gasteiger partial charge in [0.2, 0.25) is 0 Å². The Kier molecular flexibility index (Phi) is 6.12. The Bertz CT molecular complexity index is 1000. The Morgan fingerprint density at radius 2 is 2.07 bits per heavy atom. The van der Waals surface area contributed by atoms with Gasteiger partial charge < -0.3 is 19.9 Å². The Hall–Kier alpha value is -3.00. The highest BCUT2D eigenvalue weighted by Gasteiger charge is 2.39. The number of ether oxygens (including phenoxy) is 1. The first-order valence-corrected chi connectivity index (χ1v) is 9.48. The first-order chi connectivity index (χ1) is 13.8.